The highest BCUT2D eigenvalue weighted by atomic mass is 16.2. The molecule has 2 aliphatic rings. The van der Waals surface area contributed by atoms with Crippen molar-refractivity contribution in [3.8, 4) is 11.3 Å². The van der Waals surface area contributed by atoms with E-state index in [4.69, 9.17) is 0 Å². The average molecular weight is 276 g/mol. The van der Waals surface area contributed by atoms with Crippen LogP contribution in [0, 0.1) is 0 Å². The molecule has 1 fully saturated rings. The summed E-state index contributed by atoms with van der Waals surface area (Å²) in [6, 6.07) is 9.84. The molecular weight excluding hydrogens is 264 g/mol. The number of anilines is 1. The lowest BCUT2D eigenvalue weighted by molar-refractivity contribution is 0.0985. The molecule has 1 N–H and O–H groups in total. The standard InChI is InChI=1S/C16H12N4O/c21-16-11-4-2-1-3-10(11)14-13-12(18-19-14)7-8-17-15(13)20(16)9-5-6-9/h1-4,7-9H,5-6H2,(H,18,19). The molecule has 21 heavy (non-hydrogen) atoms. The van der Waals surface area contributed by atoms with Gasteiger partial charge >= 0.3 is 0 Å². The Labute approximate surface area is 120 Å². The number of hydrogen-bond acceptors (Lipinski definition) is 3. The Hall–Kier alpha value is -2.69. The van der Waals surface area contributed by atoms with Gasteiger partial charge in [0.2, 0.25) is 0 Å². The summed E-state index contributed by atoms with van der Waals surface area (Å²) >= 11 is 0. The van der Waals surface area contributed by atoms with Crippen LogP contribution < -0.4 is 4.90 Å². The maximum Gasteiger partial charge on any atom is 0.260 e. The number of pyridine rings is 1. The molecule has 2 aromatic heterocycles. The van der Waals surface area contributed by atoms with Gasteiger partial charge < -0.3 is 0 Å². The van der Waals surface area contributed by atoms with E-state index in [2.05, 4.69) is 15.2 Å². The Morgan fingerprint density at radius 2 is 1.95 bits per heavy atom. The van der Waals surface area contributed by atoms with Crippen LogP contribution in [0.1, 0.15) is 23.2 Å². The molecule has 1 aliphatic carbocycles. The second-order valence-electron chi connectivity index (χ2n) is 5.58. The first kappa shape index (κ1) is 11.0. The van der Waals surface area contributed by atoms with E-state index >= 15 is 0 Å². The van der Waals surface area contributed by atoms with E-state index in [0.717, 1.165) is 40.8 Å². The van der Waals surface area contributed by atoms with E-state index in [9.17, 15) is 4.79 Å². The molecule has 1 saturated carbocycles. The summed E-state index contributed by atoms with van der Waals surface area (Å²) < 4.78 is 0. The van der Waals surface area contributed by atoms with Crippen molar-refractivity contribution in [2.45, 2.75) is 18.9 Å². The Bertz CT molecular complexity index is 894. The van der Waals surface area contributed by atoms with Gasteiger partial charge in [-0.1, -0.05) is 18.2 Å². The van der Waals surface area contributed by atoms with Gasteiger partial charge in [-0.25, -0.2) is 4.98 Å². The maximum atomic E-state index is 13.0. The van der Waals surface area contributed by atoms with E-state index in [0.29, 0.717) is 5.56 Å². The molecule has 3 heterocycles. The van der Waals surface area contributed by atoms with E-state index in [1.165, 1.54) is 0 Å². The molecule has 1 amide bonds. The zero-order valence-electron chi connectivity index (χ0n) is 11.2. The number of carbonyl (C=O) groups is 1. The molecule has 0 unspecified atom stereocenters. The number of fused-ring (bicyclic) bond motifs is 2. The number of aromatic nitrogens is 3. The summed E-state index contributed by atoms with van der Waals surface area (Å²) in [5.74, 6) is 0.769. The molecule has 0 spiro atoms. The molecular formula is C16H12N4O. The fourth-order valence-corrected chi connectivity index (χ4v) is 3.10. The molecule has 5 heteroatoms. The average Bonchev–Trinajstić information content (AvgIpc) is 3.26. The third-order valence-electron chi connectivity index (χ3n) is 4.23. The van der Waals surface area contributed by atoms with Crippen molar-refractivity contribution in [3.63, 3.8) is 0 Å². The number of carbonyl (C=O) groups excluding carboxylic acids is 1. The summed E-state index contributed by atoms with van der Waals surface area (Å²) in [7, 11) is 0. The molecule has 0 atom stereocenters. The number of nitrogens with one attached hydrogen (secondary N) is 1. The molecule has 3 aromatic rings. The van der Waals surface area contributed by atoms with E-state index in [1.54, 1.807) is 6.20 Å². The van der Waals surface area contributed by atoms with Crippen LogP contribution in [0.5, 0.6) is 0 Å². The highest BCUT2D eigenvalue weighted by Gasteiger charge is 2.39. The van der Waals surface area contributed by atoms with Crippen molar-refractivity contribution in [2.75, 3.05) is 4.90 Å². The SMILES string of the molecule is O=C1c2ccccc2-c2n[nH]c3ccnc(c23)N1C1CC1. The number of benzene rings is 1. The molecule has 102 valence electrons. The van der Waals surface area contributed by atoms with Crippen LogP contribution in [0.3, 0.4) is 0 Å². The Morgan fingerprint density at radius 1 is 1.14 bits per heavy atom. The molecule has 5 rings (SSSR count). The highest BCUT2D eigenvalue weighted by molar-refractivity contribution is 6.19. The first-order chi connectivity index (χ1) is 10.3. The lowest BCUT2D eigenvalue weighted by Crippen LogP contribution is -2.33. The largest absolute Gasteiger partial charge is 0.289 e. The number of rotatable bonds is 1. The minimum absolute atomic E-state index is 0.0334. The predicted octanol–water partition coefficient (Wildman–Crippen LogP) is 2.75. The van der Waals surface area contributed by atoms with Gasteiger partial charge in [0.15, 0.2) is 0 Å². The van der Waals surface area contributed by atoms with Crippen LogP contribution in [-0.2, 0) is 0 Å². The van der Waals surface area contributed by atoms with Crippen LogP contribution in [-0.4, -0.2) is 27.1 Å². The lowest BCUT2D eigenvalue weighted by Gasteiger charge is -2.20. The molecule has 0 saturated heterocycles. The predicted molar refractivity (Wildman–Crippen MR) is 79.2 cm³/mol. The van der Waals surface area contributed by atoms with Gasteiger partial charge in [-0.2, -0.15) is 5.10 Å². The van der Waals surface area contributed by atoms with Crippen LogP contribution >= 0.6 is 0 Å². The Morgan fingerprint density at radius 3 is 2.76 bits per heavy atom. The summed E-state index contributed by atoms with van der Waals surface area (Å²) in [5.41, 5.74) is 3.33. The van der Waals surface area contributed by atoms with Gasteiger partial charge in [-0.3, -0.25) is 14.8 Å². The summed E-state index contributed by atoms with van der Waals surface area (Å²) in [4.78, 5) is 19.3. The fraction of sp³-hybridized carbons (Fsp3) is 0.188. The van der Waals surface area contributed by atoms with Crippen molar-refractivity contribution in [2.24, 2.45) is 0 Å². The minimum Gasteiger partial charge on any atom is -0.289 e. The van der Waals surface area contributed by atoms with E-state index in [1.807, 2.05) is 35.2 Å². The van der Waals surface area contributed by atoms with Crippen LogP contribution in [0.2, 0.25) is 0 Å². The summed E-state index contributed by atoms with van der Waals surface area (Å²) in [6.07, 6.45) is 3.82. The highest BCUT2D eigenvalue weighted by Crippen LogP contribution is 2.42. The molecule has 5 nitrogen and oxygen atoms in total. The van der Waals surface area contributed by atoms with Crippen LogP contribution in [0.4, 0.5) is 5.82 Å². The maximum absolute atomic E-state index is 13.0. The van der Waals surface area contributed by atoms with Gasteiger partial charge in [0.05, 0.1) is 10.9 Å². The number of aromatic amines is 1. The molecule has 1 aliphatic heterocycles. The molecule has 0 radical (unpaired) electrons. The minimum atomic E-state index is 0.0334. The van der Waals surface area contributed by atoms with Gasteiger partial charge in [0.1, 0.15) is 11.5 Å². The number of nitrogens with zero attached hydrogens (tertiary/aromatic N) is 3. The topological polar surface area (TPSA) is 61.9 Å². The zero-order valence-corrected chi connectivity index (χ0v) is 11.2. The van der Waals surface area contributed by atoms with Crippen molar-refractivity contribution in [1.29, 1.82) is 0 Å². The molecule has 0 bridgehead atoms. The van der Waals surface area contributed by atoms with Crippen LogP contribution in [0.25, 0.3) is 22.2 Å². The van der Waals surface area contributed by atoms with Gasteiger partial charge in [0.25, 0.3) is 5.91 Å². The van der Waals surface area contributed by atoms with Gasteiger partial charge in [-0.15, -0.1) is 0 Å². The summed E-state index contributed by atoms with van der Waals surface area (Å²) in [6.45, 7) is 0. The second-order valence-corrected chi connectivity index (χ2v) is 5.58. The smallest absolute Gasteiger partial charge is 0.260 e. The normalized spacial score (nSPS) is 17.0. The summed E-state index contributed by atoms with van der Waals surface area (Å²) in [5, 5.41) is 8.43. The van der Waals surface area contributed by atoms with E-state index < -0.39 is 0 Å². The molecule has 1 aromatic carbocycles. The Balaban J connectivity index is 1.94. The number of amides is 1. The van der Waals surface area contributed by atoms with E-state index in [-0.39, 0.29) is 11.9 Å². The van der Waals surface area contributed by atoms with Crippen molar-refractivity contribution in [3.05, 3.63) is 42.1 Å². The monoisotopic (exact) mass is 276 g/mol. The second kappa shape index (κ2) is 3.69. The third-order valence-corrected chi connectivity index (χ3v) is 4.23. The first-order valence-electron chi connectivity index (χ1n) is 7.10. The number of hydrogen-bond donors (Lipinski definition) is 1. The van der Waals surface area contributed by atoms with Crippen molar-refractivity contribution >= 4 is 22.6 Å². The zero-order chi connectivity index (χ0) is 14.0. The van der Waals surface area contributed by atoms with Crippen LogP contribution in [0.15, 0.2) is 36.5 Å². The quantitative estimate of drug-likeness (QED) is 0.743. The number of H-pyrrole nitrogens is 1. The van der Waals surface area contributed by atoms with Crippen molar-refractivity contribution < 1.29 is 4.79 Å². The third kappa shape index (κ3) is 1.38. The van der Waals surface area contributed by atoms with Crippen molar-refractivity contribution in [1.82, 2.24) is 15.2 Å². The Kier molecular flexibility index (Phi) is 1.94. The lowest BCUT2D eigenvalue weighted by atomic mass is 10.0. The first-order valence-corrected chi connectivity index (χ1v) is 7.10. The van der Waals surface area contributed by atoms with Gasteiger partial charge in [-0.05, 0) is 25.0 Å². The fourth-order valence-electron chi connectivity index (χ4n) is 3.10. The van der Waals surface area contributed by atoms with Gasteiger partial charge in [0, 0.05) is 23.4 Å².